The van der Waals surface area contributed by atoms with Crippen LogP contribution < -0.4 is 0 Å². The minimum absolute atomic E-state index is 0.433. The van der Waals surface area contributed by atoms with E-state index in [1.54, 1.807) is 0 Å². The number of rotatable bonds is 2. The van der Waals surface area contributed by atoms with Gasteiger partial charge in [0.05, 0.1) is 6.61 Å². The minimum Gasteiger partial charge on any atom is -0.456 e. The number of hydrogen-bond donors (Lipinski definition) is 0. The lowest BCUT2D eigenvalue weighted by Crippen LogP contribution is -2.01. The maximum absolute atomic E-state index is 11.0. The molecule has 0 aliphatic rings. The quantitative estimate of drug-likeness (QED) is 0.524. The largest absolute Gasteiger partial charge is 0.456 e. The van der Waals surface area contributed by atoms with E-state index in [1.807, 2.05) is 37.3 Å². The molecular formula is C12H12O2. The second kappa shape index (κ2) is 5.82. The third-order valence-electron chi connectivity index (χ3n) is 1.52. The van der Waals surface area contributed by atoms with E-state index in [2.05, 4.69) is 11.8 Å². The molecule has 0 heterocycles. The summed E-state index contributed by atoms with van der Waals surface area (Å²) >= 11 is 0. The molecule has 1 aromatic rings. The van der Waals surface area contributed by atoms with Crippen LogP contribution in [-0.2, 0) is 9.53 Å². The van der Waals surface area contributed by atoms with Crippen LogP contribution in [0, 0.1) is 11.8 Å². The maximum atomic E-state index is 11.0. The number of esters is 1. The summed E-state index contributed by atoms with van der Waals surface area (Å²) in [5.74, 6) is 4.69. The molecule has 0 N–H and O–H groups in total. The van der Waals surface area contributed by atoms with E-state index < -0.39 is 5.97 Å². The molecule has 0 aliphatic carbocycles. The number of benzene rings is 1. The van der Waals surface area contributed by atoms with E-state index in [1.165, 1.54) is 0 Å². The zero-order chi connectivity index (χ0) is 10.2. The standard InChI is InChI=1S/C12H12O2/c1-2-10-14-12(13)9-8-11-6-4-3-5-7-11/h3-7H,2,10H2,1H3. The predicted octanol–water partition coefficient (Wildman–Crippen LogP) is 1.99. The zero-order valence-corrected chi connectivity index (χ0v) is 8.12. The first kappa shape index (κ1) is 10.3. The third kappa shape index (κ3) is 3.77. The first-order valence-corrected chi connectivity index (χ1v) is 4.56. The molecule has 0 atom stereocenters. The van der Waals surface area contributed by atoms with Crippen LogP contribution in [0.1, 0.15) is 18.9 Å². The average molecular weight is 188 g/mol. The van der Waals surface area contributed by atoms with Gasteiger partial charge in [0, 0.05) is 11.5 Å². The second-order valence-corrected chi connectivity index (χ2v) is 2.75. The van der Waals surface area contributed by atoms with E-state index in [4.69, 9.17) is 4.74 Å². The molecule has 0 unspecified atom stereocenters. The van der Waals surface area contributed by atoms with Gasteiger partial charge in [0.2, 0.25) is 0 Å². The Morgan fingerprint density at radius 1 is 1.36 bits per heavy atom. The lowest BCUT2D eigenvalue weighted by molar-refractivity contribution is -0.136. The van der Waals surface area contributed by atoms with E-state index in [-0.39, 0.29) is 0 Å². The number of ether oxygens (including phenoxy) is 1. The smallest absolute Gasteiger partial charge is 0.384 e. The van der Waals surface area contributed by atoms with Crippen LogP contribution in [0.4, 0.5) is 0 Å². The Kier molecular flexibility index (Phi) is 4.30. The lowest BCUT2D eigenvalue weighted by Gasteiger charge is -1.94. The maximum Gasteiger partial charge on any atom is 0.384 e. The van der Waals surface area contributed by atoms with Gasteiger partial charge in [-0.3, -0.25) is 0 Å². The molecule has 0 spiro atoms. The van der Waals surface area contributed by atoms with Gasteiger partial charge in [-0.1, -0.05) is 31.0 Å². The molecule has 0 bridgehead atoms. The molecule has 0 aliphatic heterocycles. The number of carbonyl (C=O) groups is 1. The Hall–Kier alpha value is -1.75. The molecule has 0 aromatic heterocycles. The Morgan fingerprint density at radius 2 is 2.07 bits per heavy atom. The molecule has 72 valence electrons. The van der Waals surface area contributed by atoms with Crippen LogP contribution in [0.15, 0.2) is 30.3 Å². The first-order valence-electron chi connectivity index (χ1n) is 4.56. The Labute approximate surface area is 83.9 Å². The van der Waals surface area contributed by atoms with Crippen molar-refractivity contribution in [2.24, 2.45) is 0 Å². The summed E-state index contributed by atoms with van der Waals surface area (Å²) in [5, 5.41) is 0. The van der Waals surface area contributed by atoms with E-state index in [0.717, 1.165) is 12.0 Å². The van der Waals surface area contributed by atoms with Gasteiger partial charge in [-0.25, -0.2) is 4.79 Å². The van der Waals surface area contributed by atoms with Crippen molar-refractivity contribution in [2.75, 3.05) is 6.61 Å². The summed E-state index contributed by atoms with van der Waals surface area (Å²) in [6, 6.07) is 9.35. The van der Waals surface area contributed by atoms with Crippen LogP contribution in [0.2, 0.25) is 0 Å². The number of hydrogen-bond acceptors (Lipinski definition) is 2. The minimum atomic E-state index is -0.462. The molecule has 0 saturated carbocycles. The SMILES string of the molecule is CCCOC(=O)C#Cc1ccccc1. The monoisotopic (exact) mass is 188 g/mol. The molecule has 0 radical (unpaired) electrons. The Morgan fingerprint density at radius 3 is 2.71 bits per heavy atom. The first-order chi connectivity index (χ1) is 6.83. The highest BCUT2D eigenvalue weighted by Gasteiger charge is 1.93. The van der Waals surface area contributed by atoms with Crippen molar-refractivity contribution in [1.82, 2.24) is 0 Å². The highest BCUT2D eigenvalue weighted by Crippen LogP contribution is 1.94. The summed E-state index contributed by atoms with van der Waals surface area (Å²) in [6.45, 7) is 2.38. The van der Waals surface area contributed by atoms with Crippen molar-refractivity contribution in [3.05, 3.63) is 35.9 Å². The van der Waals surface area contributed by atoms with Gasteiger partial charge in [-0.2, -0.15) is 0 Å². The van der Waals surface area contributed by atoms with Crippen LogP contribution in [0.25, 0.3) is 0 Å². The van der Waals surface area contributed by atoms with Crippen molar-refractivity contribution in [3.63, 3.8) is 0 Å². The normalized spacial score (nSPS) is 8.64. The third-order valence-corrected chi connectivity index (χ3v) is 1.52. The molecule has 1 aromatic carbocycles. The van der Waals surface area contributed by atoms with Crippen LogP contribution in [-0.4, -0.2) is 12.6 Å². The zero-order valence-electron chi connectivity index (χ0n) is 8.12. The fourth-order valence-electron chi connectivity index (χ4n) is 0.876. The van der Waals surface area contributed by atoms with Gasteiger partial charge >= 0.3 is 5.97 Å². The van der Waals surface area contributed by atoms with Gasteiger partial charge in [0.15, 0.2) is 0 Å². The van der Waals surface area contributed by atoms with Gasteiger partial charge in [-0.15, -0.1) is 0 Å². The van der Waals surface area contributed by atoms with Gasteiger partial charge < -0.3 is 4.74 Å². The molecule has 0 saturated heterocycles. The van der Waals surface area contributed by atoms with Gasteiger partial charge in [0.1, 0.15) is 0 Å². The molecule has 0 fully saturated rings. The Bertz CT molecular complexity index is 344. The Balaban J connectivity index is 2.51. The summed E-state index contributed by atoms with van der Waals surface area (Å²) in [6.07, 6.45) is 0.818. The number of carbonyl (C=O) groups excluding carboxylic acids is 1. The second-order valence-electron chi connectivity index (χ2n) is 2.75. The van der Waals surface area contributed by atoms with E-state index >= 15 is 0 Å². The molecule has 0 amide bonds. The molecule has 2 heteroatoms. The van der Waals surface area contributed by atoms with Crippen LogP contribution in [0.5, 0.6) is 0 Å². The van der Waals surface area contributed by atoms with E-state index in [0.29, 0.717) is 6.61 Å². The average Bonchev–Trinajstić information content (AvgIpc) is 2.25. The van der Waals surface area contributed by atoms with Crippen molar-refractivity contribution >= 4 is 5.97 Å². The molecule has 2 nitrogen and oxygen atoms in total. The molecular weight excluding hydrogens is 176 g/mol. The molecule has 14 heavy (non-hydrogen) atoms. The van der Waals surface area contributed by atoms with Gasteiger partial charge in [-0.05, 0) is 18.6 Å². The van der Waals surface area contributed by atoms with Crippen LogP contribution in [0.3, 0.4) is 0 Å². The molecule has 1 rings (SSSR count). The van der Waals surface area contributed by atoms with E-state index in [9.17, 15) is 4.79 Å². The van der Waals surface area contributed by atoms with Crippen molar-refractivity contribution in [2.45, 2.75) is 13.3 Å². The van der Waals surface area contributed by atoms with Gasteiger partial charge in [0.25, 0.3) is 0 Å². The lowest BCUT2D eigenvalue weighted by atomic mass is 10.2. The fraction of sp³-hybridized carbons (Fsp3) is 0.250. The van der Waals surface area contributed by atoms with Crippen molar-refractivity contribution in [3.8, 4) is 11.8 Å². The fourth-order valence-corrected chi connectivity index (χ4v) is 0.876. The predicted molar refractivity (Wildman–Crippen MR) is 54.6 cm³/mol. The van der Waals surface area contributed by atoms with Crippen LogP contribution >= 0.6 is 0 Å². The highest BCUT2D eigenvalue weighted by molar-refractivity contribution is 5.89. The highest BCUT2D eigenvalue weighted by atomic mass is 16.5. The summed E-state index contributed by atoms with van der Waals surface area (Å²) in [4.78, 5) is 11.0. The van der Waals surface area contributed by atoms with Crippen molar-refractivity contribution < 1.29 is 9.53 Å². The van der Waals surface area contributed by atoms with Crippen molar-refractivity contribution in [1.29, 1.82) is 0 Å². The summed E-state index contributed by atoms with van der Waals surface area (Å²) in [7, 11) is 0. The topological polar surface area (TPSA) is 26.3 Å². The summed E-state index contributed by atoms with van der Waals surface area (Å²) in [5.41, 5.74) is 0.820. The summed E-state index contributed by atoms with van der Waals surface area (Å²) < 4.78 is 4.80.